The van der Waals surface area contributed by atoms with E-state index < -0.39 is 0 Å². The van der Waals surface area contributed by atoms with E-state index in [-0.39, 0.29) is 6.04 Å². The smallest absolute Gasteiger partial charge is 0.106 e. The highest BCUT2D eigenvalue weighted by Gasteiger charge is 2.13. The Bertz CT molecular complexity index is 617. The average molecular weight is 263 g/mol. The summed E-state index contributed by atoms with van der Waals surface area (Å²) in [5.41, 5.74) is 2.38. The van der Waals surface area contributed by atoms with Gasteiger partial charge in [-0.05, 0) is 29.8 Å². The first-order chi connectivity index (χ1) is 9.92. The first-order valence-corrected chi connectivity index (χ1v) is 6.81. The molecule has 2 heteroatoms. The Labute approximate surface area is 119 Å². The molecule has 0 radical (unpaired) electrons. The monoisotopic (exact) mass is 263 g/mol. The summed E-state index contributed by atoms with van der Waals surface area (Å²) in [7, 11) is 0. The fourth-order valence-electron chi connectivity index (χ4n) is 2.30. The van der Waals surface area contributed by atoms with Crippen molar-refractivity contribution in [1.82, 2.24) is 0 Å². The van der Waals surface area contributed by atoms with Gasteiger partial charge < -0.3 is 9.73 Å². The van der Waals surface area contributed by atoms with Crippen LogP contribution >= 0.6 is 0 Å². The Kier molecular flexibility index (Phi) is 3.83. The van der Waals surface area contributed by atoms with E-state index in [1.165, 1.54) is 5.56 Å². The summed E-state index contributed by atoms with van der Waals surface area (Å²) in [6, 6.07) is 24.9. The molecule has 0 saturated carbocycles. The number of anilines is 1. The van der Waals surface area contributed by atoms with Crippen molar-refractivity contribution in [3.63, 3.8) is 0 Å². The standard InChI is InChI=1S/C18H17NO/c1-3-8-15(9-4-1)18(14-17-12-7-13-20-17)19-16-10-5-2-6-11-16/h1-13,18-19H,14H2/t18-/m1/s1. The Morgan fingerprint density at radius 1 is 0.800 bits per heavy atom. The van der Waals surface area contributed by atoms with Crippen molar-refractivity contribution >= 4 is 5.69 Å². The summed E-state index contributed by atoms with van der Waals surface area (Å²) in [5.74, 6) is 0.988. The first-order valence-electron chi connectivity index (χ1n) is 6.81. The van der Waals surface area contributed by atoms with Gasteiger partial charge in [-0.25, -0.2) is 0 Å². The highest BCUT2D eigenvalue weighted by molar-refractivity contribution is 5.45. The Balaban J connectivity index is 1.83. The van der Waals surface area contributed by atoms with Gasteiger partial charge in [-0.3, -0.25) is 0 Å². The van der Waals surface area contributed by atoms with Crippen LogP contribution in [0.15, 0.2) is 83.5 Å². The molecule has 1 heterocycles. The van der Waals surface area contributed by atoms with Gasteiger partial charge >= 0.3 is 0 Å². The second kappa shape index (κ2) is 6.11. The van der Waals surface area contributed by atoms with Crippen LogP contribution in [0.4, 0.5) is 5.69 Å². The fourth-order valence-corrected chi connectivity index (χ4v) is 2.30. The molecule has 100 valence electrons. The van der Waals surface area contributed by atoms with E-state index in [1.807, 2.05) is 36.4 Å². The van der Waals surface area contributed by atoms with E-state index in [4.69, 9.17) is 4.42 Å². The van der Waals surface area contributed by atoms with Gasteiger partial charge in [0.15, 0.2) is 0 Å². The molecule has 1 atom stereocenters. The summed E-state index contributed by atoms with van der Waals surface area (Å²) < 4.78 is 5.48. The van der Waals surface area contributed by atoms with Gasteiger partial charge in [0.1, 0.15) is 5.76 Å². The molecule has 0 bridgehead atoms. The first kappa shape index (κ1) is 12.5. The van der Waals surface area contributed by atoms with E-state index in [0.29, 0.717) is 0 Å². The Morgan fingerprint density at radius 2 is 1.50 bits per heavy atom. The van der Waals surface area contributed by atoms with Crippen molar-refractivity contribution in [2.75, 3.05) is 5.32 Å². The molecule has 1 N–H and O–H groups in total. The highest BCUT2D eigenvalue weighted by atomic mass is 16.3. The second-order valence-electron chi connectivity index (χ2n) is 4.76. The summed E-state index contributed by atoms with van der Waals surface area (Å²) in [5, 5.41) is 3.57. The van der Waals surface area contributed by atoms with E-state index in [2.05, 4.69) is 41.7 Å². The second-order valence-corrected chi connectivity index (χ2v) is 4.76. The molecule has 20 heavy (non-hydrogen) atoms. The largest absolute Gasteiger partial charge is 0.469 e. The average Bonchev–Trinajstić information content (AvgIpc) is 3.02. The zero-order valence-corrected chi connectivity index (χ0v) is 11.2. The minimum Gasteiger partial charge on any atom is -0.469 e. The van der Waals surface area contributed by atoms with Crippen LogP contribution in [0, 0.1) is 0 Å². The number of rotatable bonds is 5. The molecule has 3 rings (SSSR count). The van der Waals surface area contributed by atoms with Crippen LogP contribution in [0.25, 0.3) is 0 Å². The minimum atomic E-state index is 0.199. The lowest BCUT2D eigenvalue weighted by Gasteiger charge is -2.19. The van der Waals surface area contributed by atoms with Crippen molar-refractivity contribution in [3.8, 4) is 0 Å². The number of para-hydroxylation sites is 1. The van der Waals surface area contributed by atoms with Crippen LogP contribution in [0.1, 0.15) is 17.4 Å². The molecule has 3 aromatic rings. The number of hydrogen-bond donors (Lipinski definition) is 1. The third-order valence-corrected chi connectivity index (χ3v) is 3.30. The number of benzene rings is 2. The van der Waals surface area contributed by atoms with Crippen LogP contribution in [-0.2, 0) is 6.42 Å². The fraction of sp³-hybridized carbons (Fsp3) is 0.111. The SMILES string of the molecule is c1ccc(N[C@H](Cc2ccco2)c2ccccc2)cc1. The topological polar surface area (TPSA) is 25.2 Å². The number of hydrogen-bond acceptors (Lipinski definition) is 2. The summed E-state index contributed by atoms with van der Waals surface area (Å²) in [6.07, 6.45) is 2.55. The van der Waals surface area contributed by atoms with Crippen LogP contribution in [0.2, 0.25) is 0 Å². The van der Waals surface area contributed by atoms with Gasteiger partial charge in [0.05, 0.1) is 12.3 Å². The van der Waals surface area contributed by atoms with Crippen molar-refractivity contribution in [2.45, 2.75) is 12.5 Å². The maximum absolute atomic E-state index is 5.48. The minimum absolute atomic E-state index is 0.199. The molecule has 0 aliphatic heterocycles. The van der Waals surface area contributed by atoms with Crippen LogP contribution in [0.3, 0.4) is 0 Å². The van der Waals surface area contributed by atoms with Crippen molar-refractivity contribution < 1.29 is 4.42 Å². The normalized spacial score (nSPS) is 12.0. The Hall–Kier alpha value is -2.48. The molecule has 1 aromatic heterocycles. The maximum Gasteiger partial charge on any atom is 0.106 e. The number of nitrogens with one attached hydrogen (secondary N) is 1. The zero-order chi connectivity index (χ0) is 13.6. The van der Waals surface area contributed by atoms with Gasteiger partial charge in [-0.2, -0.15) is 0 Å². The molecular formula is C18H17NO. The molecule has 0 aliphatic rings. The van der Waals surface area contributed by atoms with Gasteiger partial charge in [0, 0.05) is 12.1 Å². The third kappa shape index (κ3) is 3.09. The van der Waals surface area contributed by atoms with Crippen LogP contribution in [-0.4, -0.2) is 0 Å². The van der Waals surface area contributed by atoms with Gasteiger partial charge in [-0.15, -0.1) is 0 Å². The maximum atomic E-state index is 5.48. The lowest BCUT2D eigenvalue weighted by atomic mass is 10.0. The van der Waals surface area contributed by atoms with Crippen molar-refractivity contribution in [2.24, 2.45) is 0 Å². The quantitative estimate of drug-likeness (QED) is 0.723. The molecule has 0 fully saturated rings. The lowest BCUT2D eigenvalue weighted by molar-refractivity contribution is 0.495. The van der Waals surface area contributed by atoms with Gasteiger partial charge in [0.2, 0.25) is 0 Å². The van der Waals surface area contributed by atoms with E-state index in [1.54, 1.807) is 6.26 Å². The predicted octanol–water partition coefficient (Wildman–Crippen LogP) is 4.68. The highest BCUT2D eigenvalue weighted by Crippen LogP contribution is 2.23. The van der Waals surface area contributed by atoms with E-state index in [9.17, 15) is 0 Å². The summed E-state index contributed by atoms with van der Waals surface area (Å²) >= 11 is 0. The molecule has 0 saturated heterocycles. The third-order valence-electron chi connectivity index (χ3n) is 3.30. The predicted molar refractivity (Wildman–Crippen MR) is 81.7 cm³/mol. The Morgan fingerprint density at radius 3 is 2.15 bits per heavy atom. The molecular weight excluding hydrogens is 246 g/mol. The van der Waals surface area contributed by atoms with Crippen molar-refractivity contribution in [3.05, 3.63) is 90.4 Å². The summed E-state index contributed by atoms with van der Waals surface area (Å²) in [6.45, 7) is 0. The van der Waals surface area contributed by atoms with Gasteiger partial charge in [0.25, 0.3) is 0 Å². The van der Waals surface area contributed by atoms with Gasteiger partial charge in [-0.1, -0.05) is 48.5 Å². The number of furan rings is 1. The van der Waals surface area contributed by atoms with E-state index in [0.717, 1.165) is 17.9 Å². The molecule has 0 aliphatic carbocycles. The zero-order valence-electron chi connectivity index (χ0n) is 11.2. The van der Waals surface area contributed by atoms with Crippen LogP contribution in [0.5, 0.6) is 0 Å². The summed E-state index contributed by atoms with van der Waals surface area (Å²) in [4.78, 5) is 0. The molecule has 0 spiro atoms. The van der Waals surface area contributed by atoms with Crippen molar-refractivity contribution in [1.29, 1.82) is 0 Å². The molecule has 0 amide bonds. The molecule has 2 aromatic carbocycles. The molecule has 0 unspecified atom stereocenters. The lowest BCUT2D eigenvalue weighted by Crippen LogP contribution is -2.13. The molecule has 2 nitrogen and oxygen atoms in total. The van der Waals surface area contributed by atoms with Crippen LogP contribution < -0.4 is 5.32 Å². The van der Waals surface area contributed by atoms with E-state index >= 15 is 0 Å².